The molecule has 0 unspecified atom stereocenters. The van der Waals surface area contributed by atoms with Gasteiger partial charge >= 0.3 is 0 Å². The maximum Gasteiger partial charge on any atom is 0.265 e. The van der Waals surface area contributed by atoms with E-state index in [1.807, 2.05) is 17.6 Å². The Morgan fingerprint density at radius 1 is 1.55 bits per heavy atom. The van der Waals surface area contributed by atoms with Gasteiger partial charge in [-0.1, -0.05) is 0 Å². The third-order valence-electron chi connectivity index (χ3n) is 1.53. The number of carbonyl (C=O) groups is 1. The summed E-state index contributed by atoms with van der Waals surface area (Å²) in [5.41, 5.74) is 5.67. The second kappa shape index (κ2) is 2.10. The number of rotatable bonds is 1. The van der Waals surface area contributed by atoms with Crippen molar-refractivity contribution in [2.24, 2.45) is 5.73 Å². The molecule has 2 rings (SSSR count). The molecule has 0 saturated carbocycles. The van der Waals surface area contributed by atoms with E-state index in [9.17, 15) is 4.79 Å². The molecule has 0 radical (unpaired) electrons. The van der Waals surface area contributed by atoms with Crippen LogP contribution in [0.1, 0.15) is 10.5 Å². The van der Waals surface area contributed by atoms with E-state index in [1.54, 1.807) is 21.8 Å². The van der Waals surface area contributed by atoms with Crippen LogP contribution in [-0.4, -0.2) is 10.3 Å². The highest BCUT2D eigenvalue weighted by Crippen LogP contribution is 2.15. The van der Waals surface area contributed by atoms with E-state index in [0.717, 1.165) is 4.83 Å². The molecular weight excluding hydrogens is 160 g/mol. The first kappa shape index (κ1) is 6.42. The number of carbonyl (C=O) groups excluding carboxylic acids is 1. The van der Waals surface area contributed by atoms with Gasteiger partial charge in [0.2, 0.25) is 0 Å². The summed E-state index contributed by atoms with van der Waals surface area (Å²) in [7, 11) is 0. The SMILES string of the molecule is NC(=O)c1ccc2sccn12. The van der Waals surface area contributed by atoms with Gasteiger partial charge in [-0.15, -0.1) is 11.3 Å². The summed E-state index contributed by atoms with van der Waals surface area (Å²) < 4.78 is 1.78. The van der Waals surface area contributed by atoms with Crippen LogP contribution in [0.3, 0.4) is 0 Å². The zero-order valence-electron chi connectivity index (χ0n) is 5.65. The second-order valence-corrected chi connectivity index (χ2v) is 3.12. The first-order valence-electron chi connectivity index (χ1n) is 3.13. The molecule has 3 nitrogen and oxygen atoms in total. The molecule has 11 heavy (non-hydrogen) atoms. The number of amides is 1. The van der Waals surface area contributed by atoms with E-state index in [2.05, 4.69) is 0 Å². The lowest BCUT2D eigenvalue weighted by molar-refractivity contribution is 0.0995. The lowest BCUT2D eigenvalue weighted by Crippen LogP contribution is -2.12. The van der Waals surface area contributed by atoms with Crippen LogP contribution in [0.2, 0.25) is 0 Å². The van der Waals surface area contributed by atoms with E-state index < -0.39 is 0 Å². The van der Waals surface area contributed by atoms with Crippen LogP contribution in [0, 0.1) is 0 Å². The number of nitrogens with two attached hydrogens (primary N) is 1. The lowest BCUT2D eigenvalue weighted by Gasteiger charge is -1.90. The predicted molar refractivity (Wildman–Crippen MR) is 43.8 cm³/mol. The third-order valence-corrected chi connectivity index (χ3v) is 2.36. The zero-order valence-corrected chi connectivity index (χ0v) is 6.47. The maximum absolute atomic E-state index is 10.8. The number of thiazole rings is 1. The van der Waals surface area contributed by atoms with Crippen LogP contribution in [0.4, 0.5) is 0 Å². The fraction of sp³-hybridized carbons (Fsp3) is 0. The number of hydrogen-bond acceptors (Lipinski definition) is 2. The minimum atomic E-state index is -0.386. The van der Waals surface area contributed by atoms with E-state index in [1.165, 1.54) is 0 Å². The molecule has 4 heteroatoms. The number of nitrogens with zero attached hydrogens (tertiary/aromatic N) is 1. The summed E-state index contributed by atoms with van der Waals surface area (Å²) in [6.07, 6.45) is 1.83. The highest BCUT2D eigenvalue weighted by atomic mass is 32.1. The highest BCUT2D eigenvalue weighted by Gasteiger charge is 2.05. The Bertz CT molecular complexity index is 401. The molecule has 2 aromatic heterocycles. The Hall–Kier alpha value is -1.29. The predicted octanol–water partition coefficient (Wildman–Crippen LogP) is 1.10. The van der Waals surface area contributed by atoms with Crippen molar-refractivity contribution in [1.82, 2.24) is 4.40 Å². The molecule has 1 amide bonds. The molecule has 2 N–H and O–H groups in total. The lowest BCUT2D eigenvalue weighted by atomic mass is 10.4. The molecule has 2 aromatic rings. The van der Waals surface area contributed by atoms with Crippen molar-refractivity contribution in [3.05, 3.63) is 29.4 Å². The quantitative estimate of drug-likeness (QED) is 0.677. The van der Waals surface area contributed by atoms with Gasteiger partial charge < -0.3 is 10.1 Å². The summed E-state index contributed by atoms with van der Waals surface area (Å²) in [6, 6.07) is 3.61. The standard InChI is InChI=1S/C7H6N2OS/c8-7(10)5-1-2-6-9(5)3-4-11-6/h1-4H,(H2,8,10). The van der Waals surface area contributed by atoms with Crippen molar-refractivity contribution in [1.29, 1.82) is 0 Å². The van der Waals surface area contributed by atoms with Crippen LogP contribution in [0.25, 0.3) is 4.83 Å². The van der Waals surface area contributed by atoms with Crippen LogP contribution in [-0.2, 0) is 0 Å². The van der Waals surface area contributed by atoms with E-state index in [0.29, 0.717) is 5.69 Å². The van der Waals surface area contributed by atoms with Crippen LogP contribution in [0.5, 0.6) is 0 Å². The van der Waals surface area contributed by atoms with Gasteiger partial charge in [-0.2, -0.15) is 0 Å². The Morgan fingerprint density at radius 2 is 2.36 bits per heavy atom. The molecule has 0 aliphatic rings. The van der Waals surface area contributed by atoms with Gasteiger partial charge in [0.1, 0.15) is 5.69 Å². The molecule has 0 saturated heterocycles. The van der Waals surface area contributed by atoms with Gasteiger partial charge in [-0.25, -0.2) is 0 Å². The fourth-order valence-corrected chi connectivity index (χ4v) is 1.78. The number of hydrogen-bond donors (Lipinski definition) is 1. The molecule has 0 aromatic carbocycles. The number of fused-ring (bicyclic) bond motifs is 1. The molecule has 0 atom stereocenters. The van der Waals surface area contributed by atoms with Crippen molar-refractivity contribution in [3.63, 3.8) is 0 Å². The van der Waals surface area contributed by atoms with Gasteiger partial charge in [0, 0.05) is 11.6 Å². The van der Waals surface area contributed by atoms with E-state index in [4.69, 9.17) is 5.73 Å². The molecule has 0 spiro atoms. The van der Waals surface area contributed by atoms with Gasteiger partial charge in [0.25, 0.3) is 5.91 Å². The van der Waals surface area contributed by atoms with Gasteiger partial charge in [0.05, 0.1) is 4.83 Å². The van der Waals surface area contributed by atoms with E-state index >= 15 is 0 Å². The van der Waals surface area contributed by atoms with Crippen LogP contribution >= 0.6 is 11.3 Å². The Balaban J connectivity index is 2.78. The molecule has 56 valence electrons. The van der Waals surface area contributed by atoms with Crippen molar-refractivity contribution in [2.75, 3.05) is 0 Å². The van der Waals surface area contributed by atoms with Gasteiger partial charge in [0.15, 0.2) is 0 Å². The van der Waals surface area contributed by atoms with Crippen molar-refractivity contribution >= 4 is 22.1 Å². The number of primary amides is 1. The van der Waals surface area contributed by atoms with Crippen molar-refractivity contribution in [2.45, 2.75) is 0 Å². The molecule has 0 bridgehead atoms. The molecule has 0 aliphatic heterocycles. The second-order valence-electron chi connectivity index (χ2n) is 2.19. The maximum atomic E-state index is 10.8. The van der Waals surface area contributed by atoms with Gasteiger partial charge in [-0.05, 0) is 12.1 Å². The summed E-state index contributed by atoms with van der Waals surface area (Å²) >= 11 is 1.58. The first-order valence-corrected chi connectivity index (χ1v) is 4.01. The molecule has 0 aliphatic carbocycles. The topological polar surface area (TPSA) is 47.5 Å². The smallest absolute Gasteiger partial charge is 0.265 e. The summed E-state index contributed by atoms with van der Waals surface area (Å²) in [6.45, 7) is 0. The Kier molecular flexibility index (Phi) is 1.22. The molecule has 0 fully saturated rings. The molecular formula is C7H6N2OS. The van der Waals surface area contributed by atoms with Gasteiger partial charge in [-0.3, -0.25) is 4.79 Å². The minimum Gasteiger partial charge on any atom is -0.364 e. The van der Waals surface area contributed by atoms with Crippen molar-refractivity contribution in [3.8, 4) is 0 Å². The first-order chi connectivity index (χ1) is 5.29. The Morgan fingerprint density at radius 3 is 3.09 bits per heavy atom. The summed E-state index contributed by atoms with van der Waals surface area (Å²) in [4.78, 5) is 11.8. The largest absolute Gasteiger partial charge is 0.364 e. The highest BCUT2D eigenvalue weighted by molar-refractivity contribution is 7.15. The summed E-state index contributed by atoms with van der Waals surface area (Å²) in [5, 5.41) is 1.92. The monoisotopic (exact) mass is 166 g/mol. The van der Waals surface area contributed by atoms with Crippen LogP contribution < -0.4 is 5.73 Å². The average molecular weight is 166 g/mol. The van der Waals surface area contributed by atoms with E-state index in [-0.39, 0.29) is 5.91 Å². The summed E-state index contributed by atoms with van der Waals surface area (Å²) in [5.74, 6) is -0.386. The average Bonchev–Trinajstić information content (AvgIpc) is 2.41. The normalized spacial score (nSPS) is 10.5. The minimum absolute atomic E-state index is 0.386. The molecule has 2 heterocycles. The Labute approximate surface area is 67.1 Å². The van der Waals surface area contributed by atoms with Crippen molar-refractivity contribution < 1.29 is 4.79 Å². The third kappa shape index (κ3) is 0.832. The number of aromatic nitrogens is 1. The zero-order chi connectivity index (χ0) is 7.84. The fourth-order valence-electron chi connectivity index (χ4n) is 1.04. The van der Waals surface area contributed by atoms with Crippen LogP contribution in [0.15, 0.2) is 23.7 Å².